The average Bonchev–Trinajstić information content (AvgIpc) is 2.91. The quantitative estimate of drug-likeness (QED) is 0.730. The molecule has 0 unspecified atom stereocenters. The number of hydrogen-bond donors (Lipinski definition) is 0. The summed E-state index contributed by atoms with van der Waals surface area (Å²) in [5, 5.41) is 5.75. The molecule has 3 aromatic rings. The van der Waals surface area contributed by atoms with Crippen molar-refractivity contribution in [3.8, 4) is 5.82 Å². The topological polar surface area (TPSA) is 35.6 Å². The largest absolute Gasteiger partial charge is 0.285 e. The summed E-state index contributed by atoms with van der Waals surface area (Å²) < 4.78 is 4.11. The van der Waals surface area contributed by atoms with Crippen LogP contribution in [0.2, 0.25) is 0 Å². The van der Waals surface area contributed by atoms with E-state index in [0.29, 0.717) is 0 Å². The molecule has 4 heteroatoms. The predicted octanol–water partition coefficient (Wildman–Crippen LogP) is 3.33. The minimum atomic E-state index is 0.996. The van der Waals surface area contributed by atoms with Gasteiger partial charge in [0.1, 0.15) is 11.5 Å². The van der Waals surface area contributed by atoms with Gasteiger partial charge in [-0.25, -0.2) is 4.98 Å². The van der Waals surface area contributed by atoms with Crippen LogP contribution in [0.3, 0.4) is 0 Å². The average molecular weight is 268 g/mol. The number of fused-ring (bicyclic) bond motifs is 1. The lowest BCUT2D eigenvalue weighted by Crippen LogP contribution is -2.05. The lowest BCUT2D eigenvalue weighted by atomic mass is 10.1. The second-order valence-corrected chi connectivity index (χ2v) is 5.37. The number of aromatic nitrogens is 4. The van der Waals surface area contributed by atoms with Crippen LogP contribution in [-0.4, -0.2) is 19.3 Å². The summed E-state index contributed by atoms with van der Waals surface area (Å²) in [7, 11) is 2.00. The zero-order chi connectivity index (χ0) is 14.3. The molecule has 104 valence electrons. The van der Waals surface area contributed by atoms with Crippen LogP contribution in [0.4, 0.5) is 0 Å². The van der Waals surface area contributed by atoms with Gasteiger partial charge in [-0.15, -0.1) is 0 Å². The Morgan fingerprint density at radius 3 is 2.80 bits per heavy atom. The maximum absolute atomic E-state index is 4.59. The first-order valence-electron chi connectivity index (χ1n) is 7.08. The van der Waals surface area contributed by atoms with Crippen molar-refractivity contribution in [2.75, 3.05) is 0 Å². The molecule has 0 bridgehead atoms. The van der Waals surface area contributed by atoms with Crippen molar-refractivity contribution >= 4 is 11.0 Å². The van der Waals surface area contributed by atoms with Crippen molar-refractivity contribution in [3.63, 3.8) is 0 Å². The molecule has 0 amide bonds. The van der Waals surface area contributed by atoms with E-state index in [1.54, 1.807) is 0 Å². The summed E-state index contributed by atoms with van der Waals surface area (Å²) in [6.45, 7) is 6.35. The van der Waals surface area contributed by atoms with Crippen LogP contribution in [0, 0.1) is 13.8 Å². The number of rotatable bonds is 3. The molecule has 3 aromatic heterocycles. The molecule has 4 nitrogen and oxygen atoms in total. The molecule has 0 N–H and O–H groups in total. The van der Waals surface area contributed by atoms with E-state index in [2.05, 4.69) is 53.8 Å². The minimum Gasteiger partial charge on any atom is -0.285 e. The van der Waals surface area contributed by atoms with Crippen LogP contribution in [0.1, 0.15) is 30.2 Å². The molecule has 0 aliphatic carbocycles. The van der Waals surface area contributed by atoms with Crippen molar-refractivity contribution < 1.29 is 0 Å². The second kappa shape index (κ2) is 4.78. The predicted molar refractivity (Wildman–Crippen MR) is 81.3 cm³/mol. The van der Waals surface area contributed by atoms with Crippen LogP contribution in [0.5, 0.6) is 0 Å². The van der Waals surface area contributed by atoms with Crippen LogP contribution >= 0.6 is 0 Å². The van der Waals surface area contributed by atoms with E-state index in [9.17, 15) is 0 Å². The Hall–Kier alpha value is -2.10. The molecule has 0 aromatic carbocycles. The van der Waals surface area contributed by atoms with Crippen LogP contribution in [0.25, 0.3) is 16.9 Å². The Kier molecular flexibility index (Phi) is 3.08. The lowest BCUT2D eigenvalue weighted by molar-refractivity contribution is 0.725. The molecule has 0 radical (unpaired) electrons. The van der Waals surface area contributed by atoms with Gasteiger partial charge in [-0.2, -0.15) is 5.10 Å². The van der Waals surface area contributed by atoms with Crippen LogP contribution in [0.15, 0.2) is 24.5 Å². The molecule has 0 saturated carbocycles. The normalized spacial score (nSPS) is 11.4. The van der Waals surface area contributed by atoms with E-state index in [1.807, 2.05) is 17.9 Å². The fraction of sp³-hybridized carbons (Fsp3) is 0.375. The Balaban J connectivity index is 2.25. The van der Waals surface area contributed by atoms with Gasteiger partial charge in [0.25, 0.3) is 0 Å². The van der Waals surface area contributed by atoms with Gasteiger partial charge in [0.05, 0.1) is 5.69 Å². The molecule has 0 saturated heterocycles. The maximum atomic E-state index is 4.59. The highest BCUT2D eigenvalue weighted by atomic mass is 15.3. The van der Waals surface area contributed by atoms with Crippen molar-refractivity contribution in [1.82, 2.24) is 19.3 Å². The van der Waals surface area contributed by atoms with Crippen molar-refractivity contribution in [1.29, 1.82) is 0 Å². The highest BCUT2D eigenvalue weighted by Gasteiger charge is 2.16. The fourth-order valence-corrected chi connectivity index (χ4v) is 2.84. The third kappa shape index (κ3) is 1.92. The third-order valence-electron chi connectivity index (χ3n) is 3.70. The van der Waals surface area contributed by atoms with E-state index >= 15 is 0 Å². The van der Waals surface area contributed by atoms with E-state index < -0.39 is 0 Å². The summed E-state index contributed by atoms with van der Waals surface area (Å²) in [5.41, 5.74) is 4.61. The molecule has 3 heterocycles. The molecule has 0 spiro atoms. The van der Waals surface area contributed by atoms with Gasteiger partial charge >= 0.3 is 0 Å². The van der Waals surface area contributed by atoms with Gasteiger partial charge in [-0.3, -0.25) is 9.25 Å². The maximum Gasteiger partial charge on any atom is 0.145 e. The van der Waals surface area contributed by atoms with Gasteiger partial charge in [-0.05, 0) is 38.0 Å². The van der Waals surface area contributed by atoms with Crippen molar-refractivity contribution in [2.24, 2.45) is 7.05 Å². The first kappa shape index (κ1) is 12.9. The van der Waals surface area contributed by atoms with Crippen LogP contribution in [-0.2, 0) is 13.5 Å². The number of pyridine rings is 1. The minimum absolute atomic E-state index is 0.996. The van der Waals surface area contributed by atoms with E-state index in [-0.39, 0.29) is 0 Å². The van der Waals surface area contributed by atoms with Gasteiger partial charge in [-0.1, -0.05) is 13.3 Å². The first-order valence-corrected chi connectivity index (χ1v) is 7.08. The summed E-state index contributed by atoms with van der Waals surface area (Å²) >= 11 is 0. The Bertz CT molecular complexity index is 764. The highest BCUT2D eigenvalue weighted by Crippen LogP contribution is 2.24. The molecule has 3 rings (SSSR count). The summed E-state index contributed by atoms with van der Waals surface area (Å²) in [6.07, 6.45) is 6.17. The molecule has 0 atom stereocenters. The number of aryl methyl sites for hydroxylation is 3. The molecule has 20 heavy (non-hydrogen) atoms. The van der Waals surface area contributed by atoms with Gasteiger partial charge in [0.15, 0.2) is 0 Å². The fourth-order valence-electron chi connectivity index (χ4n) is 2.84. The van der Waals surface area contributed by atoms with E-state index in [4.69, 9.17) is 0 Å². The molecule has 0 aliphatic rings. The summed E-state index contributed by atoms with van der Waals surface area (Å²) in [6, 6.07) is 4.29. The number of hydrogen-bond acceptors (Lipinski definition) is 2. The highest BCUT2D eigenvalue weighted by molar-refractivity contribution is 5.78. The SMILES string of the molecule is CCCc1c(C)nn(C)c1-n1ccc2cc(C)cnc21. The number of nitrogens with zero attached hydrogens (tertiary/aromatic N) is 4. The molecule has 0 aliphatic heterocycles. The second-order valence-electron chi connectivity index (χ2n) is 5.37. The molecular weight excluding hydrogens is 248 g/mol. The molecule has 0 fully saturated rings. The van der Waals surface area contributed by atoms with Crippen molar-refractivity contribution in [2.45, 2.75) is 33.6 Å². The van der Waals surface area contributed by atoms with Gasteiger partial charge < -0.3 is 0 Å². The Morgan fingerprint density at radius 2 is 2.05 bits per heavy atom. The zero-order valence-electron chi connectivity index (χ0n) is 12.5. The monoisotopic (exact) mass is 268 g/mol. The van der Waals surface area contributed by atoms with Crippen molar-refractivity contribution in [3.05, 3.63) is 41.3 Å². The Labute approximate surface area is 119 Å². The summed E-state index contributed by atoms with van der Waals surface area (Å²) in [5.74, 6) is 1.13. The first-order chi connectivity index (χ1) is 9.61. The third-order valence-corrected chi connectivity index (χ3v) is 3.70. The zero-order valence-corrected chi connectivity index (χ0v) is 12.5. The smallest absolute Gasteiger partial charge is 0.145 e. The lowest BCUT2D eigenvalue weighted by Gasteiger charge is -2.08. The Morgan fingerprint density at radius 1 is 1.25 bits per heavy atom. The van der Waals surface area contributed by atoms with Gasteiger partial charge in [0, 0.05) is 30.4 Å². The summed E-state index contributed by atoms with van der Waals surface area (Å²) in [4.78, 5) is 4.59. The molecular formula is C16H20N4. The standard InChI is InChI=1S/C16H20N4/c1-5-6-14-12(3)18-19(4)16(14)20-8-7-13-9-11(2)10-17-15(13)20/h7-10H,5-6H2,1-4H3. The van der Waals surface area contributed by atoms with Crippen LogP contribution < -0.4 is 0 Å². The van der Waals surface area contributed by atoms with Gasteiger partial charge in [0.2, 0.25) is 0 Å². The van der Waals surface area contributed by atoms with E-state index in [0.717, 1.165) is 30.0 Å². The van der Waals surface area contributed by atoms with E-state index in [1.165, 1.54) is 16.5 Å².